The fourth-order valence-electron chi connectivity index (χ4n) is 0.383. The molecule has 0 rings (SSSR count). The summed E-state index contributed by atoms with van der Waals surface area (Å²) in [5, 5.41) is 10.6. The molecule has 52 valence electrons. The number of amides is 1. The Morgan fingerprint density at radius 1 is 1.89 bits per heavy atom. The second-order valence-electron chi connectivity index (χ2n) is 1.61. The highest BCUT2D eigenvalue weighted by Crippen LogP contribution is 1.75. The number of rotatable bonds is 3. The minimum absolute atomic E-state index is 0. The smallest absolute Gasteiger partial charge is 0.219 e. The highest BCUT2D eigenvalue weighted by atomic mass is 16.1. The molecule has 0 saturated carbocycles. The average molecular weight is 128 g/mol. The zero-order chi connectivity index (χ0) is 7.11. The minimum atomic E-state index is 0. The van der Waals surface area contributed by atoms with Gasteiger partial charge in [0.1, 0.15) is 0 Å². The minimum Gasteiger partial charge on any atom is -0.355 e. The van der Waals surface area contributed by atoms with Crippen molar-refractivity contribution in [2.24, 2.45) is 0 Å². The van der Waals surface area contributed by atoms with Gasteiger partial charge in [0.25, 0.3) is 0 Å². The molecule has 0 aliphatic carbocycles. The van der Waals surface area contributed by atoms with Crippen LogP contribution in [0.1, 0.15) is 21.2 Å². The van der Waals surface area contributed by atoms with Crippen LogP contribution in [0.5, 0.6) is 0 Å². The fraction of sp³-hybridized carbons (Fsp3) is 0.667. The van der Waals surface area contributed by atoms with E-state index < -0.39 is 0 Å². The molecule has 3 nitrogen and oxygen atoms in total. The highest BCUT2D eigenvalue weighted by Gasteiger charge is 1.92. The lowest BCUT2D eigenvalue weighted by atomic mass is 10.4. The first-order valence-corrected chi connectivity index (χ1v) is 2.95. The van der Waals surface area contributed by atoms with Crippen molar-refractivity contribution in [2.75, 3.05) is 6.54 Å². The monoisotopic (exact) mass is 128 g/mol. The summed E-state index contributed by atoms with van der Waals surface area (Å²) in [6.45, 7) is 2.25. The van der Waals surface area contributed by atoms with Crippen LogP contribution in [0.25, 0.3) is 0 Å². The second kappa shape index (κ2) is 5.10. The lowest BCUT2D eigenvalue weighted by molar-refractivity contribution is -0.120. The molecule has 0 saturated heterocycles. The van der Waals surface area contributed by atoms with Crippen LogP contribution in [-0.4, -0.2) is 12.5 Å². The first kappa shape index (κ1) is 7.96. The van der Waals surface area contributed by atoms with Gasteiger partial charge in [-0.15, -0.1) is 0 Å². The third-order valence-corrected chi connectivity index (χ3v) is 0.880. The summed E-state index contributed by atoms with van der Waals surface area (Å²) < 4.78 is 0. The van der Waals surface area contributed by atoms with Gasteiger partial charge < -0.3 is 5.32 Å². The molecule has 0 atom stereocenters. The Balaban J connectivity index is 0. The van der Waals surface area contributed by atoms with Gasteiger partial charge in [-0.05, 0) is 0 Å². The molecule has 0 aliphatic heterocycles. The van der Waals surface area contributed by atoms with Crippen molar-refractivity contribution in [3.05, 3.63) is 0 Å². The Morgan fingerprint density at radius 2 is 2.56 bits per heavy atom. The van der Waals surface area contributed by atoms with E-state index in [0.29, 0.717) is 19.4 Å². The molecule has 3 heteroatoms. The van der Waals surface area contributed by atoms with E-state index in [2.05, 4.69) is 5.32 Å². The van der Waals surface area contributed by atoms with Crippen molar-refractivity contribution in [2.45, 2.75) is 19.8 Å². The van der Waals surface area contributed by atoms with E-state index in [1.54, 1.807) is 6.92 Å². The quantitative estimate of drug-likeness (QED) is 0.568. The lowest BCUT2D eigenvalue weighted by Crippen LogP contribution is -2.22. The summed E-state index contributed by atoms with van der Waals surface area (Å²) in [7, 11) is 0. The van der Waals surface area contributed by atoms with Crippen LogP contribution in [0.2, 0.25) is 0 Å². The maximum atomic E-state index is 10.5. The Hall–Kier alpha value is -1.04. The van der Waals surface area contributed by atoms with Gasteiger partial charge in [-0.25, -0.2) is 0 Å². The SMILES string of the molecule is CCC(=O)NCCC#N.[HH]. The van der Waals surface area contributed by atoms with E-state index in [-0.39, 0.29) is 7.33 Å². The maximum Gasteiger partial charge on any atom is 0.219 e. The van der Waals surface area contributed by atoms with Gasteiger partial charge in [0, 0.05) is 14.4 Å². The summed E-state index contributed by atoms with van der Waals surface area (Å²) in [5.41, 5.74) is 0. The largest absolute Gasteiger partial charge is 0.355 e. The van der Waals surface area contributed by atoms with Crippen molar-refractivity contribution in [1.29, 1.82) is 5.26 Å². The van der Waals surface area contributed by atoms with Crippen LogP contribution in [0.3, 0.4) is 0 Å². The Morgan fingerprint density at radius 3 is 3.00 bits per heavy atom. The third kappa shape index (κ3) is 4.82. The van der Waals surface area contributed by atoms with Crippen molar-refractivity contribution < 1.29 is 6.22 Å². The number of nitriles is 1. The molecule has 1 N–H and O–H groups in total. The van der Waals surface area contributed by atoms with Crippen molar-refractivity contribution in [1.82, 2.24) is 5.32 Å². The van der Waals surface area contributed by atoms with E-state index in [1.807, 2.05) is 6.07 Å². The number of carbonyl (C=O) groups excluding carboxylic acids is 1. The molecular weight excluding hydrogens is 116 g/mol. The average Bonchev–Trinajstić information content (AvgIpc) is 1.89. The maximum absolute atomic E-state index is 10.5. The van der Waals surface area contributed by atoms with Gasteiger partial charge in [0.15, 0.2) is 0 Å². The van der Waals surface area contributed by atoms with Crippen LogP contribution >= 0.6 is 0 Å². The van der Waals surface area contributed by atoms with Crippen LogP contribution in [0.15, 0.2) is 0 Å². The molecule has 1 amide bonds. The zero-order valence-corrected chi connectivity index (χ0v) is 5.48. The number of nitrogens with one attached hydrogen (secondary N) is 1. The number of hydrogen-bond donors (Lipinski definition) is 1. The topological polar surface area (TPSA) is 52.9 Å². The predicted octanol–water partition coefficient (Wildman–Crippen LogP) is 0.672. The normalized spacial score (nSPS) is 8.00. The molecule has 0 spiro atoms. The van der Waals surface area contributed by atoms with Crippen LogP contribution in [-0.2, 0) is 4.79 Å². The standard InChI is InChI=1S/C6H10N2O.H2/c1-2-6(9)8-5-3-4-7;/h2-3,5H2,1H3,(H,8,9);1H. The third-order valence-electron chi connectivity index (χ3n) is 0.880. The first-order chi connectivity index (χ1) is 4.31. The van der Waals surface area contributed by atoms with E-state index in [4.69, 9.17) is 5.26 Å². The van der Waals surface area contributed by atoms with Crippen LogP contribution in [0.4, 0.5) is 0 Å². The van der Waals surface area contributed by atoms with Gasteiger partial charge in [0.2, 0.25) is 5.91 Å². The van der Waals surface area contributed by atoms with Gasteiger partial charge in [-0.1, -0.05) is 6.92 Å². The Bertz CT molecular complexity index is 130. The molecule has 0 heterocycles. The van der Waals surface area contributed by atoms with Crippen LogP contribution in [0, 0.1) is 11.3 Å². The zero-order valence-electron chi connectivity index (χ0n) is 5.48. The highest BCUT2D eigenvalue weighted by molar-refractivity contribution is 5.75. The second-order valence-corrected chi connectivity index (χ2v) is 1.61. The van der Waals surface area contributed by atoms with Crippen molar-refractivity contribution >= 4 is 5.91 Å². The fourth-order valence-corrected chi connectivity index (χ4v) is 0.383. The molecule has 0 aliphatic rings. The lowest BCUT2D eigenvalue weighted by Gasteiger charge is -1.96. The van der Waals surface area contributed by atoms with Crippen LogP contribution < -0.4 is 5.32 Å². The molecule has 0 fully saturated rings. The van der Waals surface area contributed by atoms with Gasteiger partial charge >= 0.3 is 0 Å². The van der Waals surface area contributed by atoms with Gasteiger partial charge in [-0.3, -0.25) is 4.79 Å². The summed E-state index contributed by atoms with van der Waals surface area (Å²) in [6, 6.07) is 1.93. The Kier molecular flexibility index (Phi) is 4.51. The summed E-state index contributed by atoms with van der Waals surface area (Å²) in [4.78, 5) is 10.5. The summed E-state index contributed by atoms with van der Waals surface area (Å²) in [6.07, 6.45) is 0.886. The Labute approximate surface area is 56.2 Å². The molecular formula is C6H12N2O. The van der Waals surface area contributed by atoms with E-state index in [9.17, 15) is 4.79 Å². The molecule has 0 radical (unpaired) electrons. The molecule has 0 aromatic carbocycles. The molecule has 0 unspecified atom stereocenters. The van der Waals surface area contributed by atoms with E-state index in [0.717, 1.165) is 0 Å². The number of nitrogens with zero attached hydrogens (tertiary/aromatic N) is 1. The van der Waals surface area contributed by atoms with E-state index in [1.165, 1.54) is 0 Å². The van der Waals surface area contributed by atoms with Gasteiger partial charge in [-0.2, -0.15) is 5.26 Å². The first-order valence-electron chi connectivity index (χ1n) is 2.95. The molecule has 0 bridgehead atoms. The van der Waals surface area contributed by atoms with Crippen molar-refractivity contribution in [3.8, 4) is 6.07 Å². The summed E-state index contributed by atoms with van der Waals surface area (Å²) in [5.74, 6) is 0.00486. The number of carbonyl (C=O) groups is 1. The summed E-state index contributed by atoms with van der Waals surface area (Å²) >= 11 is 0. The molecule has 0 aromatic heterocycles. The van der Waals surface area contributed by atoms with Gasteiger partial charge in [0.05, 0.1) is 12.5 Å². The number of hydrogen-bond acceptors (Lipinski definition) is 2. The molecule has 9 heavy (non-hydrogen) atoms. The van der Waals surface area contributed by atoms with E-state index >= 15 is 0 Å². The van der Waals surface area contributed by atoms with Crippen molar-refractivity contribution in [3.63, 3.8) is 0 Å². The molecule has 0 aromatic rings. The predicted molar refractivity (Wildman–Crippen MR) is 35.6 cm³/mol.